The minimum atomic E-state index is 0.143. The van der Waals surface area contributed by atoms with Gasteiger partial charge in [-0.15, -0.1) is 22.7 Å². The van der Waals surface area contributed by atoms with Crippen LogP contribution >= 0.6 is 57.5 Å². The maximum atomic E-state index is 6.55. The Morgan fingerprint density at radius 1 is 0.184 bits per heavy atom. The highest BCUT2D eigenvalue weighted by Crippen LogP contribution is 2.43. The van der Waals surface area contributed by atoms with Gasteiger partial charge in [-0.1, -0.05) is 243 Å². The number of furan rings is 1. The molecule has 15 heteroatoms. The molecule has 0 aliphatic heterocycles. The molecule has 538 valence electrons. The van der Waals surface area contributed by atoms with Crippen molar-refractivity contribution in [3.05, 3.63) is 368 Å². The largest absolute Gasteiger partial charge is 0.456 e. The van der Waals surface area contributed by atoms with Gasteiger partial charge in [-0.2, -0.15) is 29.9 Å². The molecule has 0 atom stereocenters. The summed E-state index contributed by atoms with van der Waals surface area (Å²) < 4.78 is 11.0. The molecule has 0 unspecified atom stereocenters. The predicted octanol–water partition coefficient (Wildman–Crippen LogP) is 28.3. The van der Waals surface area contributed by atoms with Crippen molar-refractivity contribution in [1.82, 2.24) is 44.9 Å². The fourth-order valence-electron chi connectivity index (χ4n) is 15.2. The first-order valence-corrected chi connectivity index (χ1v) is 39.8. The maximum Gasteiger partial charge on any atom is 0.226 e. The average Bonchev–Trinajstić information content (AvgIpc) is 1.47. The molecule has 0 saturated heterocycles. The lowest BCUT2D eigenvalue weighted by atomic mass is 9.93. The minimum Gasteiger partial charge on any atom is -0.456 e. The molecule has 10 nitrogen and oxygen atoms in total. The van der Waals surface area contributed by atoms with E-state index in [2.05, 4.69) is 309 Å². The third kappa shape index (κ3) is 13.7. The standard InChI is InChI=1S/C37H22ClN3O.2C31H18ClN3S/c38-37-40-35(25-17-18-34-32(22-25)31-14-6-7-16-33(31)42-34)39-36(41-37)28-20-26(23-9-2-1-3-10-23)19-27(21-28)30-15-8-12-24-11-4-5-13-29(24)30;32-31-34-29(23-9-5-8-21(17-23)22-13-12-19-6-1-2-7-20(19)16-22)33-30(35-31)24-14-15-28-26(18-24)25-10-3-4-11-27(25)36-28;32-31-34-29(20-14-17-28-26(18-20)24-12-6-7-13-27(24)36-28)33-30(35-31)25-16-15-21(19-8-2-1-3-9-19)22-10-4-5-11-23(22)25/h1-22H;2*1-18H. The van der Waals surface area contributed by atoms with E-state index in [9.17, 15) is 0 Å². The smallest absolute Gasteiger partial charge is 0.226 e. The van der Waals surface area contributed by atoms with Crippen molar-refractivity contribution in [3.63, 3.8) is 0 Å². The van der Waals surface area contributed by atoms with Gasteiger partial charge in [0.1, 0.15) is 11.2 Å². The molecule has 0 bridgehead atoms. The van der Waals surface area contributed by atoms with Crippen molar-refractivity contribution in [2.75, 3.05) is 0 Å². The van der Waals surface area contributed by atoms with E-state index in [0.29, 0.717) is 34.9 Å². The summed E-state index contributed by atoms with van der Waals surface area (Å²) in [6, 6.07) is 121. The number of rotatable bonds is 10. The van der Waals surface area contributed by atoms with Crippen molar-refractivity contribution in [2.24, 2.45) is 0 Å². The van der Waals surface area contributed by atoms with E-state index in [4.69, 9.17) is 54.2 Å². The van der Waals surface area contributed by atoms with Gasteiger partial charge >= 0.3 is 0 Å². The number of nitrogens with zero attached hydrogens (tertiary/aromatic N) is 9. The fraction of sp³-hybridized carbons (Fsp3) is 0. The summed E-state index contributed by atoms with van der Waals surface area (Å²) >= 11 is 23.0. The lowest BCUT2D eigenvalue weighted by Gasteiger charge is -2.13. The van der Waals surface area contributed by atoms with Crippen LogP contribution in [0.3, 0.4) is 0 Å². The van der Waals surface area contributed by atoms with Gasteiger partial charge in [-0.05, 0) is 221 Å². The summed E-state index contributed by atoms with van der Waals surface area (Å²) in [6.07, 6.45) is 0. The molecule has 0 radical (unpaired) electrons. The van der Waals surface area contributed by atoms with E-state index in [1.807, 2.05) is 72.8 Å². The van der Waals surface area contributed by atoms with Crippen LogP contribution < -0.4 is 0 Å². The number of hydrogen-bond acceptors (Lipinski definition) is 12. The zero-order valence-corrected chi connectivity index (χ0v) is 64.3. The fourth-order valence-corrected chi connectivity index (χ4v) is 17.8. The Labute approximate surface area is 676 Å². The molecule has 22 rings (SSSR count). The number of hydrogen-bond donors (Lipinski definition) is 0. The molecule has 114 heavy (non-hydrogen) atoms. The summed E-state index contributed by atoms with van der Waals surface area (Å²) in [5.74, 6) is 3.28. The highest BCUT2D eigenvalue weighted by atomic mass is 35.5. The van der Waals surface area contributed by atoms with Crippen LogP contribution in [0.2, 0.25) is 15.9 Å². The van der Waals surface area contributed by atoms with Gasteiger partial charge in [0.15, 0.2) is 34.9 Å². The van der Waals surface area contributed by atoms with Crippen molar-refractivity contribution in [1.29, 1.82) is 0 Å². The van der Waals surface area contributed by atoms with E-state index in [1.54, 1.807) is 22.7 Å². The highest BCUT2D eigenvalue weighted by Gasteiger charge is 2.21. The first-order chi connectivity index (χ1) is 56.1. The molecule has 0 N–H and O–H groups in total. The van der Waals surface area contributed by atoms with Crippen molar-refractivity contribution < 1.29 is 4.42 Å². The third-order valence-corrected chi connectivity index (χ3v) is 23.4. The van der Waals surface area contributed by atoms with Gasteiger partial charge in [0.05, 0.1) is 0 Å². The SMILES string of the molecule is Clc1nc(-c2cc(-c3ccccc3)cc(-c3cccc4ccccc34)c2)nc(-c2ccc3oc4ccccc4c3c2)n1.Clc1nc(-c2ccc3sc4ccccc4c3c2)nc(-c2ccc(-c3ccccc3)c3ccccc23)n1.Clc1nc(-c2cccc(-c3ccc4ccccc4c3)c2)nc(-c2ccc3sc4ccccc4c3c2)n1. The molecular weight excluding hydrogens is 1500 g/mol. The molecule has 6 heterocycles. The third-order valence-electron chi connectivity index (χ3n) is 20.6. The maximum absolute atomic E-state index is 6.55. The van der Waals surface area contributed by atoms with E-state index < -0.39 is 0 Å². The Balaban J connectivity index is 0.000000111. The second kappa shape index (κ2) is 29.9. The van der Waals surface area contributed by atoms with Crippen molar-refractivity contribution in [3.8, 4) is 113 Å². The Bertz CT molecular complexity index is 7510. The average molecular weight is 1560 g/mol. The number of para-hydroxylation sites is 1. The second-order valence-electron chi connectivity index (χ2n) is 27.6. The van der Waals surface area contributed by atoms with Crippen LogP contribution in [0, 0.1) is 0 Å². The normalized spacial score (nSPS) is 11.5. The molecule has 0 spiro atoms. The summed E-state index contributed by atoms with van der Waals surface area (Å²) in [4.78, 5) is 41.7. The van der Waals surface area contributed by atoms with Gasteiger partial charge in [0.25, 0.3) is 0 Å². The zero-order valence-electron chi connectivity index (χ0n) is 60.4. The summed E-state index contributed by atoms with van der Waals surface area (Å²) in [5.41, 5.74) is 16.0. The predicted molar refractivity (Wildman–Crippen MR) is 474 cm³/mol. The van der Waals surface area contributed by atoms with E-state index >= 15 is 0 Å². The molecule has 0 saturated carbocycles. The number of thiophene rings is 2. The molecular formula is C99H58Cl3N9OS2. The lowest BCUT2D eigenvalue weighted by Crippen LogP contribution is -1.98. The topological polar surface area (TPSA) is 129 Å². The molecule has 6 aromatic heterocycles. The molecule has 0 aliphatic carbocycles. The first kappa shape index (κ1) is 69.6. The Morgan fingerprint density at radius 2 is 0.570 bits per heavy atom. The van der Waals surface area contributed by atoms with Crippen LogP contribution in [0.15, 0.2) is 356 Å². The Hall–Kier alpha value is -13.6. The first-order valence-electron chi connectivity index (χ1n) is 37.0. The van der Waals surface area contributed by atoms with Crippen LogP contribution in [-0.4, -0.2) is 44.9 Å². The van der Waals surface area contributed by atoms with Crippen LogP contribution in [0.5, 0.6) is 0 Å². The highest BCUT2D eigenvalue weighted by molar-refractivity contribution is 7.26. The zero-order chi connectivity index (χ0) is 76.2. The second-order valence-corrected chi connectivity index (χ2v) is 30.8. The van der Waals surface area contributed by atoms with E-state index in [1.165, 1.54) is 73.0 Å². The van der Waals surface area contributed by atoms with Crippen LogP contribution in [0.4, 0.5) is 0 Å². The summed E-state index contributed by atoms with van der Waals surface area (Å²) in [5, 5.41) is 14.5. The number of aromatic nitrogens is 9. The molecule has 16 aromatic carbocycles. The van der Waals surface area contributed by atoms with Crippen LogP contribution in [0.25, 0.3) is 207 Å². The Kier molecular flexibility index (Phi) is 18.3. The van der Waals surface area contributed by atoms with Gasteiger partial charge < -0.3 is 4.42 Å². The summed E-state index contributed by atoms with van der Waals surface area (Å²) in [6.45, 7) is 0. The number of halogens is 3. The van der Waals surface area contributed by atoms with Gasteiger partial charge in [-0.25, -0.2) is 15.0 Å². The van der Waals surface area contributed by atoms with Gasteiger partial charge in [0, 0.05) is 84.5 Å². The van der Waals surface area contributed by atoms with Crippen LogP contribution in [0.1, 0.15) is 0 Å². The lowest BCUT2D eigenvalue weighted by molar-refractivity contribution is 0.669. The summed E-state index contributed by atoms with van der Waals surface area (Å²) in [7, 11) is 0. The van der Waals surface area contributed by atoms with Gasteiger partial charge in [0.2, 0.25) is 15.9 Å². The number of benzene rings is 16. The molecule has 0 aliphatic rings. The van der Waals surface area contributed by atoms with E-state index in [0.717, 1.165) is 99.5 Å². The quantitative estimate of drug-likeness (QED) is 0.130. The van der Waals surface area contributed by atoms with Crippen molar-refractivity contribution in [2.45, 2.75) is 0 Å². The van der Waals surface area contributed by atoms with Gasteiger partial charge in [-0.3, -0.25) is 0 Å². The van der Waals surface area contributed by atoms with Crippen molar-refractivity contribution >= 4 is 152 Å². The number of fused-ring (bicyclic) bond motifs is 12. The minimum absolute atomic E-state index is 0.143. The molecule has 0 fully saturated rings. The van der Waals surface area contributed by atoms with E-state index in [-0.39, 0.29) is 15.9 Å². The van der Waals surface area contributed by atoms with Crippen LogP contribution in [-0.2, 0) is 0 Å². The molecule has 22 aromatic rings. The Morgan fingerprint density at radius 3 is 1.22 bits per heavy atom. The monoisotopic (exact) mass is 1560 g/mol. The molecule has 0 amide bonds.